The van der Waals surface area contributed by atoms with Crippen LogP contribution in [0.4, 0.5) is 4.79 Å². The number of nitrogens with one attached hydrogen (secondary N) is 1. The number of ether oxygens (including phenoxy) is 1. The molecule has 7 heteroatoms. The molecule has 0 aromatic heterocycles. The summed E-state index contributed by atoms with van der Waals surface area (Å²) in [6.45, 7) is 2.18. The Bertz CT molecular complexity index is 562. The highest BCUT2D eigenvalue weighted by Crippen LogP contribution is 2.11. The van der Waals surface area contributed by atoms with Gasteiger partial charge in [-0.25, -0.2) is 9.59 Å². The maximum Gasteiger partial charge on any atom is 0.407 e. The van der Waals surface area contributed by atoms with Gasteiger partial charge in [0.2, 0.25) is 5.91 Å². The fourth-order valence-corrected chi connectivity index (χ4v) is 2.33. The summed E-state index contributed by atoms with van der Waals surface area (Å²) in [5, 5.41) is 11.3. The van der Waals surface area contributed by atoms with Gasteiger partial charge in [0.15, 0.2) is 0 Å². The summed E-state index contributed by atoms with van der Waals surface area (Å²) in [7, 11) is 0. The van der Waals surface area contributed by atoms with E-state index in [4.69, 9.17) is 15.6 Å². The third kappa shape index (κ3) is 9.34. The lowest BCUT2D eigenvalue weighted by Crippen LogP contribution is -2.42. The summed E-state index contributed by atoms with van der Waals surface area (Å²) in [5.41, 5.74) is 6.25. The number of carbonyl (C=O) groups excluding carboxylic acids is 2. The quantitative estimate of drug-likeness (QED) is 0.564. The van der Waals surface area contributed by atoms with E-state index >= 15 is 0 Å². The third-order valence-corrected chi connectivity index (χ3v) is 3.77. The van der Waals surface area contributed by atoms with Crippen molar-refractivity contribution in [1.82, 2.24) is 5.32 Å². The first-order valence-corrected chi connectivity index (χ1v) is 8.36. The van der Waals surface area contributed by atoms with Crippen molar-refractivity contribution in [3.05, 3.63) is 35.9 Å². The molecule has 1 rings (SSSR count). The predicted octanol–water partition coefficient (Wildman–Crippen LogP) is 2.09. The molecule has 0 spiro atoms. The summed E-state index contributed by atoms with van der Waals surface area (Å²) in [6, 6.07) is 8.95. The molecule has 4 N–H and O–H groups in total. The molecule has 138 valence electrons. The topological polar surface area (TPSA) is 119 Å². The molecule has 7 nitrogen and oxygen atoms in total. The number of hydrogen-bond acceptors (Lipinski definition) is 4. The van der Waals surface area contributed by atoms with Crippen LogP contribution in [0.15, 0.2) is 30.3 Å². The number of benzene rings is 1. The Kier molecular flexibility index (Phi) is 9.06. The highest BCUT2D eigenvalue weighted by atomic mass is 16.5. The van der Waals surface area contributed by atoms with E-state index in [1.54, 1.807) is 0 Å². The number of aryl methyl sites for hydroxylation is 1. The maximum absolute atomic E-state index is 11.7. The monoisotopic (exact) mass is 350 g/mol. The number of aliphatic carboxylic acids is 1. The molecule has 0 radical (unpaired) electrons. The first-order valence-electron chi connectivity index (χ1n) is 8.36. The Morgan fingerprint density at radius 2 is 1.88 bits per heavy atom. The van der Waals surface area contributed by atoms with E-state index in [2.05, 4.69) is 17.4 Å². The van der Waals surface area contributed by atoms with Crippen LogP contribution >= 0.6 is 0 Å². The van der Waals surface area contributed by atoms with E-state index in [9.17, 15) is 14.4 Å². The van der Waals surface area contributed by atoms with Crippen LogP contribution in [0.2, 0.25) is 0 Å². The fraction of sp³-hybridized carbons (Fsp3) is 0.500. The number of carboxylic acids is 1. The number of primary amides is 1. The molecule has 0 saturated heterocycles. The van der Waals surface area contributed by atoms with Gasteiger partial charge < -0.3 is 20.9 Å². The smallest absolute Gasteiger partial charge is 0.407 e. The van der Waals surface area contributed by atoms with Gasteiger partial charge >= 0.3 is 12.1 Å². The first kappa shape index (κ1) is 20.5. The zero-order chi connectivity index (χ0) is 18.7. The molecule has 0 aliphatic heterocycles. The molecule has 25 heavy (non-hydrogen) atoms. The Morgan fingerprint density at radius 3 is 2.48 bits per heavy atom. The van der Waals surface area contributed by atoms with E-state index in [-0.39, 0.29) is 25.4 Å². The average molecular weight is 350 g/mol. The minimum Gasteiger partial charge on any atom is -0.480 e. The lowest BCUT2D eigenvalue weighted by atomic mass is 10.0. The molecule has 2 amide bonds. The fourth-order valence-electron chi connectivity index (χ4n) is 2.33. The van der Waals surface area contributed by atoms with E-state index in [1.165, 1.54) is 5.56 Å². The highest BCUT2D eigenvalue weighted by molar-refractivity contribution is 5.81. The zero-order valence-electron chi connectivity index (χ0n) is 14.4. The number of nitrogens with two attached hydrogens (primary N) is 1. The van der Waals surface area contributed by atoms with Crippen molar-refractivity contribution in [2.24, 2.45) is 11.7 Å². The first-order chi connectivity index (χ1) is 11.9. The van der Waals surface area contributed by atoms with Crippen LogP contribution in [0, 0.1) is 5.92 Å². The Balaban J connectivity index is 2.24. The Labute approximate surface area is 147 Å². The molecule has 0 bridgehead atoms. The number of hydrogen-bond donors (Lipinski definition) is 3. The molecule has 1 aromatic rings. The number of rotatable bonds is 11. The standard InChI is InChI=1S/C18H26N2O5/c1-13(6-5-9-14-7-3-2-4-8-14)12-25-18(24)20-15(17(22)23)10-11-16(19)21/h2-4,7-8,13,15H,5-6,9-12H2,1H3,(H2,19,21)(H,20,24)(H,22,23). The summed E-state index contributed by atoms with van der Waals surface area (Å²) in [6.07, 6.45) is 1.86. The van der Waals surface area contributed by atoms with E-state index in [1.807, 2.05) is 25.1 Å². The molecular formula is C18H26N2O5. The molecule has 0 aliphatic rings. The molecule has 0 aliphatic carbocycles. The molecular weight excluding hydrogens is 324 g/mol. The van der Waals surface area contributed by atoms with E-state index in [0.717, 1.165) is 19.3 Å². The Hall–Kier alpha value is -2.57. The highest BCUT2D eigenvalue weighted by Gasteiger charge is 2.21. The van der Waals surface area contributed by atoms with Crippen LogP contribution in [-0.2, 0) is 20.7 Å². The van der Waals surface area contributed by atoms with Gasteiger partial charge in [-0.05, 0) is 37.2 Å². The largest absolute Gasteiger partial charge is 0.480 e. The van der Waals surface area contributed by atoms with Crippen molar-refractivity contribution < 1.29 is 24.2 Å². The normalized spacial score (nSPS) is 12.8. The SMILES string of the molecule is CC(CCCc1ccccc1)COC(=O)NC(CCC(N)=O)C(=O)O. The second-order valence-electron chi connectivity index (χ2n) is 6.12. The number of alkyl carbamates (subject to hydrolysis) is 1. The second-order valence-corrected chi connectivity index (χ2v) is 6.12. The molecule has 0 fully saturated rings. The molecule has 1 aromatic carbocycles. The lowest BCUT2D eigenvalue weighted by molar-refractivity contribution is -0.139. The van der Waals surface area contributed by atoms with Gasteiger partial charge in [0, 0.05) is 6.42 Å². The van der Waals surface area contributed by atoms with Gasteiger partial charge in [0.05, 0.1) is 6.61 Å². The molecule has 0 heterocycles. The second kappa shape index (κ2) is 11.1. The van der Waals surface area contributed by atoms with Gasteiger partial charge in [-0.3, -0.25) is 4.79 Å². The summed E-state index contributed by atoms with van der Waals surface area (Å²) in [4.78, 5) is 33.4. The minimum atomic E-state index is -1.23. The van der Waals surface area contributed by atoms with Crippen LogP contribution in [0.3, 0.4) is 0 Å². The minimum absolute atomic E-state index is 0.0631. The lowest BCUT2D eigenvalue weighted by Gasteiger charge is -2.16. The van der Waals surface area contributed by atoms with Crippen LogP contribution < -0.4 is 11.1 Å². The van der Waals surface area contributed by atoms with E-state index in [0.29, 0.717) is 0 Å². The van der Waals surface area contributed by atoms with Gasteiger partial charge in [-0.15, -0.1) is 0 Å². The van der Waals surface area contributed by atoms with Crippen molar-refractivity contribution in [3.8, 4) is 0 Å². The van der Waals surface area contributed by atoms with Crippen molar-refractivity contribution in [3.63, 3.8) is 0 Å². The number of carboxylic acid groups (broad SMARTS) is 1. The van der Waals surface area contributed by atoms with Gasteiger partial charge in [-0.2, -0.15) is 0 Å². The van der Waals surface area contributed by atoms with Gasteiger partial charge in [0.25, 0.3) is 0 Å². The Morgan fingerprint density at radius 1 is 1.20 bits per heavy atom. The van der Waals surface area contributed by atoms with Crippen LogP contribution in [0.5, 0.6) is 0 Å². The van der Waals surface area contributed by atoms with Gasteiger partial charge in [0.1, 0.15) is 6.04 Å². The average Bonchev–Trinajstić information content (AvgIpc) is 2.57. The number of carbonyl (C=O) groups is 3. The summed E-state index contributed by atoms with van der Waals surface area (Å²) >= 11 is 0. The van der Waals surface area contributed by atoms with Crippen LogP contribution in [0.25, 0.3) is 0 Å². The number of amides is 2. The van der Waals surface area contributed by atoms with Crippen molar-refractivity contribution in [2.75, 3.05) is 6.61 Å². The van der Waals surface area contributed by atoms with Gasteiger partial charge in [-0.1, -0.05) is 37.3 Å². The van der Waals surface area contributed by atoms with Crippen molar-refractivity contribution in [2.45, 2.75) is 45.1 Å². The van der Waals surface area contributed by atoms with Crippen LogP contribution in [-0.4, -0.2) is 35.7 Å². The molecule has 2 atom stereocenters. The summed E-state index contributed by atoms with van der Waals surface area (Å²) < 4.78 is 5.06. The van der Waals surface area contributed by atoms with Crippen molar-refractivity contribution in [1.29, 1.82) is 0 Å². The summed E-state index contributed by atoms with van der Waals surface area (Å²) in [5.74, 6) is -1.68. The van der Waals surface area contributed by atoms with Crippen LogP contribution in [0.1, 0.15) is 38.2 Å². The third-order valence-electron chi connectivity index (χ3n) is 3.77. The maximum atomic E-state index is 11.7. The molecule has 0 saturated carbocycles. The molecule has 2 unspecified atom stereocenters. The van der Waals surface area contributed by atoms with E-state index < -0.39 is 24.0 Å². The predicted molar refractivity (Wildman–Crippen MR) is 92.9 cm³/mol. The zero-order valence-corrected chi connectivity index (χ0v) is 14.4. The van der Waals surface area contributed by atoms with Crippen molar-refractivity contribution >= 4 is 18.0 Å².